The lowest BCUT2D eigenvalue weighted by molar-refractivity contribution is -0.155. The third kappa shape index (κ3) is 3.03. The van der Waals surface area contributed by atoms with E-state index in [1.807, 2.05) is 24.3 Å². The molecule has 2 aliphatic rings. The Labute approximate surface area is 135 Å². The third-order valence-electron chi connectivity index (χ3n) is 4.48. The SMILES string of the molecule is COc1ccccc1C1=NO[C@@](C)(C(=O)N2CCC(O)CC2)C1. The number of carbonyl (C=O) groups is 1. The van der Waals surface area contributed by atoms with Crippen molar-refractivity contribution in [3.05, 3.63) is 29.8 Å². The maximum absolute atomic E-state index is 12.8. The van der Waals surface area contributed by atoms with E-state index in [2.05, 4.69) is 5.16 Å². The lowest BCUT2D eigenvalue weighted by Gasteiger charge is -2.34. The number of likely N-dealkylation sites (tertiary alicyclic amines) is 1. The van der Waals surface area contributed by atoms with Gasteiger partial charge in [-0.25, -0.2) is 0 Å². The van der Waals surface area contributed by atoms with Gasteiger partial charge in [0, 0.05) is 25.1 Å². The first-order valence-electron chi connectivity index (χ1n) is 7.89. The van der Waals surface area contributed by atoms with Gasteiger partial charge < -0.3 is 19.6 Å². The van der Waals surface area contributed by atoms with Crippen molar-refractivity contribution in [3.63, 3.8) is 0 Å². The summed E-state index contributed by atoms with van der Waals surface area (Å²) in [6.07, 6.45) is 1.33. The van der Waals surface area contributed by atoms with Crippen LogP contribution in [0.15, 0.2) is 29.4 Å². The van der Waals surface area contributed by atoms with Crippen LogP contribution in [0.5, 0.6) is 5.75 Å². The summed E-state index contributed by atoms with van der Waals surface area (Å²) in [6.45, 7) is 2.89. The molecule has 2 aliphatic heterocycles. The number of carbonyl (C=O) groups excluding carboxylic acids is 1. The van der Waals surface area contributed by atoms with E-state index in [0.717, 1.165) is 11.3 Å². The Morgan fingerprint density at radius 1 is 1.39 bits per heavy atom. The van der Waals surface area contributed by atoms with E-state index in [0.29, 0.717) is 38.1 Å². The summed E-state index contributed by atoms with van der Waals surface area (Å²) in [5, 5.41) is 13.7. The molecule has 0 unspecified atom stereocenters. The lowest BCUT2D eigenvalue weighted by atomic mass is 9.93. The molecule has 0 spiro atoms. The number of aliphatic hydroxyl groups excluding tert-OH is 1. The van der Waals surface area contributed by atoms with Gasteiger partial charge in [0.25, 0.3) is 5.91 Å². The largest absolute Gasteiger partial charge is 0.496 e. The van der Waals surface area contributed by atoms with Crippen LogP contribution in [-0.4, -0.2) is 53.5 Å². The van der Waals surface area contributed by atoms with E-state index in [-0.39, 0.29) is 12.0 Å². The zero-order valence-corrected chi connectivity index (χ0v) is 13.5. The van der Waals surface area contributed by atoms with Crippen LogP contribution in [0.3, 0.4) is 0 Å². The molecule has 3 rings (SSSR count). The molecular weight excluding hydrogens is 296 g/mol. The summed E-state index contributed by atoms with van der Waals surface area (Å²) in [4.78, 5) is 20.1. The molecule has 1 N–H and O–H groups in total. The molecule has 0 bridgehead atoms. The average molecular weight is 318 g/mol. The van der Waals surface area contributed by atoms with Crippen LogP contribution < -0.4 is 4.74 Å². The Morgan fingerprint density at radius 3 is 2.78 bits per heavy atom. The summed E-state index contributed by atoms with van der Waals surface area (Å²) in [7, 11) is 1.61. The summed E-state index contributed by atoms with van der Waals surface area (Å²) >= 11 is 0. The first-order valence-corrected chi connectivity index (χ1v) is 7.89. The Kier molecular flexibility index (Phi) is 4.26. The maximum Gasteiger partial charge on any atom is 0.269 e. The number of aliphatic hydroxyl groups is 1. The standard InChI is InChI=1S/C17H22N2O4/c1-17(16(21)19-9-7-12(20)8-10-19)11-14(18-23-17)13-5-3-4-6-15(13)22-2/h3-6,12,20H,7-11H2,1-2H3/t17-/m1/s1. The summed E-state index contributed by atoms with van der Waals surface area (Å²) in [6, 6.07) is 7.57. The summed E-state index contributed by atoms with van der Waals surface area (Å²) in [5.41, 5.74) is 0.578. The van der Waals surface area contributed by atoms with Crippen molar-refractivity contribution in [2.75, 3.05) is 20.2 Å². The highest BCUT2D eigenvalue weighted by Crippen LogP contribution is 2.32. The summed E-state index contributed by atoms with van der Waals surface area (Å²) in [5.74, 6) is 0.644. The smallest absolute Gasteiger partial charge is 0.269 e. The van der Waals surface area contributed by atoms with Gasteiger partial charge in [0.2, 0.25) is 5.60 Å². The van der Waals surface area contributed by atoms with E-state index in [9.17, 15) is 9.90 Å². The quantitative estimate of drug-likeness (QED) is 0.918. The number of hydrogen-bond donors (Lipinski definition) is 1. The zero-order valence-electron chi connectivity index (χ0n) is 13.5. The first-order chi connectivity index (χ1) is 11.0. The van der Waals surface area contributed by atoms with Gasteiger partial charge in [-0.2, -0.15) is 0 Å². The van der Waals surface area contributed by atoms with Gasteiger partial charge in [0.15, 0.2) is 0 Å². The molecule has 6 nitrogen and oxygen atoms in total. The lowest BCUT2D eigenvalue weighted by Crippen LogP contribution is -2.50. The van der Waals surface area contributed by atoms with Gasteiger partial charge >= 0.3 is 0 Å². The molecule has 1 atom stereocenters. The van der Waals surface area contributed by atoms with Crippen LogP contribution in [-0.2, 0) is 9.63 Å². The Balaban J connectivity index is 1.73. The van der Waals surface area contributed by atoms with Gasteiger partial charge in [0.1, 0.15) is 5.75 Å². The van der Waals surface area contributed by atoms with E-state index >= 15 is 0 Å². The Morgan fingerprint density at radius 2 is 2.09 bits per heavy atom. The fraction of sp³-hybridized carbons (Fsp3) is 0.529. The van der Waals surface area contributed by atoms with Gasteiger partial charge in [-0.15, -0.1) is 0 Å². The van der Waals surface area contributed by atoms with Crippen LogP contribution in [0.25, 0.3) is 0 Å². The van der Waals surface area contributed by atoms with Gasteiger partial charge in [-0.05, 0) is 31.9 Å². The molecule has 1 saturated heterocycles. The third-order valence-corrected chi connectivity index (χ3v) is 4.48. The highest BCUT2D eigenvalue weighted by Gasteiger charge is 2.45. The van der Waals surface area contributed by atoms with Crippen molar-refractivity contribution in [2.45, 2.75) is 37.9 Å². The number of hydrogen-bond acceptors (Lipinski definition) is 5. The molecule has 124 valence electrons. The zero-order chi connectivity index (χ0) is 16.4. The average Bonchev–Trinajstić information content (AvgIpc) is 2.98. The molecule has 0 radical (unpaired) electrons. The molecule has 2 heterocycles. The number of oxime groups is 1. The minimum Gasteiger partial charge on any atom is -0.496 e. The number of rotatable bonds is 3. The fourth-order valence-corrected chi connectivity index (χ4v) is 3.09. The molecule has 1 aromatic carbocycles. The normalized spacial score (nSPS) is 25.0. The first kappa shape index (κ1) is 15.8. The van der Waals surface area contributed by atoms with Crippen LogP contribution in [0.4, 0.5) is 0 Å². The van der Waals surface area contributed by atoms with Crippen LogP contribution >= 0.6 is 0 Å². The topological polar surface area (TPSA) is 71.4 Å². The van der Waals surface area contributed by atoms with Crippen molar-refractivity contribution < 1.29 is 19.5 Å². The van der Waals surface area contributed by atoms with Crippen molar-refractivity contribution in [1.29, 1.82) is 0 Å². The van der Waals surface area contributed by atoms with Crippen LogP contribution in [0.1, 0.15) is 31.7 Å². The molecule has 1 aromatic rings. The predicted octanol–water partition coefficient (Wildman–Crippen LogP) is 1.56. The van der Waals surface area contributed by atoms with E-state index < -0.39 is 5.60 Å². The fourth-order valence-electron chi connectivity index (χ4n) is 3.09. The van der Waals surface area contributed by atoms with Gasteiger partial charge in [-0.3, -0.25) is 4.79 Å². The minimum absolute atomic E-state index is 0.0713. The highest BCUT2D eigenvalue weighted by atomic mass is 16.7. The second-order valence-corrected chi connectivity index (χ2v) is 6.26. The van der Waals surface area contributed by atoms with Crippen molar-refractivity contribution in [1.82, 2.24) is 4.90 Å². The molecule has 23 heavy (non-hydrogen) atoms. The highest BCUT2D eigenvalue weighted by molar-refractivity contribution is 6.07. The number of ether oxygens (including phenoxy) is 1. The maximum atomic E-state index is 12.8. The molecule has 0 aromatic heterocycles. The number of para-hydroxylation sites is 1. The number of methoxy groups -OCH3 is 1. The van der Waals surface area contributed by atoms with Crippen molar-refractivity contribution >= 4 is 11.6 Å². The van der Waals surface area contributed by atoms with E-state index in [4.69, 9.17) is 9.57 Å². The van der Waals surface area contributed by atoms with Crippen molar-refractivity contribution in [3.8, 4) is 5.75 Å². The van der Waals surface area contributed by atoms with Gasteiger partial charge in [-0.1, -0.05) is 17.3 Å². The molecule has 0 saturated carbocycles. The van der Waals surface area contributed by atoms with E-state index in [1.165, 1.54) is 0 Å². The van der Waals surface area contributed by atoms with Crippen molar-refractivity contribution in [2.24, 2.45) is 5.16 Å². The Bertz CT molecular complexity index is 623. The number of piperidine rings is 1. The second kappa shape index (κ2) is 6.20. The molecule has 1 fully saturated rings. The molecule has 0 aliphatic carbocycles. The van der Waals surface area contributed by atoms with Gasteiger partial charge in [0.05, 0.1) is 18.9 Å². The van der Waals surface area contributed by atoms with Crippen LogP contribution in [0.2, 0.25) is 0 Å². The second-order valence-electron chi connectivity index (χ2n) is 6.26. The number of benzene rings is 1. The molecule has 6 heteroatoms. The van der Waals surface area contributed by atoms with Crippen LogP contribution in [0, 0.1) is 0 Å². The molecule has 1 amide bonds. The Hall–Kier alpha value is -2.08. The predicted molar refractivity (Wildman–Crippen MR) is 85.5 cm³/mol. The summed E-state index contributed by atoms with van der Waals surface area (Å²) < 4.78 is 5.35. The number of nitrogens with zero attached hydrogens (tertiary/aromatic N) is 2. The molecular formula is C17H22N2O4. The minimum atomic E-state index is -0.988. The van der Waals surface area contributed by atoms with E-state index in [1.54, 1.807) is 18.9 Å². The number of amides is 1. The monoisotopic (exact) mass is 318 g/mol.